The summed E-state index contributed by atoms with van der Waals surface area (Å²) in [7, 11) is -16.3. The van der Waals surface area contributed by atoms with E-state index in [0.29, 0.717) is 5.19 Å². The predicted molar refractivity (Wildman–Crippen MR) is 212 cm³/mol. The summed E-state index contributed by atoms with van der Waals surface area (Å²) in [6.07, 6.45) is 0. The van der Waals surface area contributed by atoms with Crippen LogP contribution in [0.15, 0.2) is 212 Å². The fraction of sp³-hybridized carbons (Fsp3) is 0. The SMILES string of the molecule is O[Si]1(c2ccccc2)O[Si](c2ccccc2)(c2ccccc2)O[Si](c2ccccc2)(c2ccccc2)O[Si](c2ccccc2)(c2ccccc2)O1. The number of rotatable bonds is 7. The molecular formula is C42H36O5Si4. The van der Waals surface area contributed by atoms with E-state index in [1.807, 2.05) is 188 Å². The Hall–Kier alpha value is -4.79. The van der Waals surface area contributed by atoms with E-state index in [1.54, 1.807) is 0 Å². The summed E-state index contributed by atoms with van der Waals surface area (Å²) in [6.45, 7) is 0. The third kappa shape index (κ3) is 6.14. The molecule has 7 aromatic rings. The highest BCUT2D eigenvalue weighted by molar-refractivity contribution is 7.13. The summed E-state index contributed by atoms with van der Waals surface area (Å²) in [6, 6.07) is 70.1. The first-order chi connectivity index (χ1) is 25.1. The van der Waals surface area contributed by atoms with Crippen molar-refractivity contribution < 1.29 is 21.3 Å². The first kappa shape index (κ1) is 33.4. The molecule has 1 aliphatic rings. The van der Waals surface area contributed by atoms with Gasteiger partial charge in [0.1, 0.15) is 0 Å². The summed E-state index contributed by atoms with van der Waals surface area (Å²) in [5.74, 6) is 0. The third-order valence-electron chi connectivity index (χ3n) is 9.20. The van der Waals surface area contributed by atoms with Gasteiger partial charge in [-0.1, -0.05) is 212 Å². The molecule has 0 spiro atoms. The Kier molecular flexibility index (Phi) is 9.21. The molecule has 1 saturated heterocycles. The highest BCUT2D eigenvalue weighted by atomic mass is 28.5. The molecule has 5 nitrogen and oxygen atoms in total. The minimum atomic E-state index is -4.47. The van der Waals surface area contributed by atoms with Crippen LogP contribution in [0.2, 0.25) is 0 Å². The van der Waals surface area contributed by atoms with E-state index in [-0.39, 0.29) is 0 Å². The topological polar surface area (TPSA) is 57.2 Å². The second-order valence-electron chi connectivity index (χ2n) is 12.4. The molecule has 1 heterocycles. The second kappa shape index (κ2) is 14.1. The van der Waals surface area contributed by atoms with Crippen LogP contribution < -0.4 is 36.3 Å². The Morgan fingerprint density at radius 1 is 0.235 bits per heavy atom. The standard InChI is InChI=1S/C42H36O5Si4/c43-51(42-34-20-7-21-35-42)46-49(38-26-12-3-13-27-38,39-28-14-4-15-29-39)44-48(36-22-8-1-9-23-36,37-24-10-2-11-25-37)45-50(47-51,40-30-16-5-17-31-40)41-32-18-6-19-33-41/h1-35,43H. The van der Waals surface area contributed by atoms with E-state index in [9.17, 15) is 4.80 Å². The van der Waals surface area contributed by atoms with Crippen molar-refractivity contribution in [2.24, 2.45) is 0 Å². The molecule has 1 aliphatic heterocycles. The lowest BCUT2D eigenvalue weighted by Crippen LogP contribution is -2.86. The van der Waals surface area contributed by atoms with E-state index in [2.05, 4.69) is 24.3 Å². The maximum atomic E-state index is 13.5. The van der Waals surface area contributed by atoms with Crippen molar-refractivity contribution in [3.63, 3.8) is 0 Å². The molecule has 1 fully saturated rings. The highest BCUT2D eigenvalue weighted by Gasteiger charge is 2.67. The smallest absolute Gasteiger partial charge is 0.402 e. The first-order valence-electron chi connectivity index (χ1n) is 17.0. The van der Waals surface area contributed by atoms with Gasteiger partial charge in [0.2, 0.25) is 0 Å². The quantitative estimate of drug-likeness (QED) is 0.254. The van der Waals surface area contributed by atoms with Crippen molar-refractivity contribution in [3.8, 4) is 0 Å². The van der Waals surface area contributed by atoms with Crippen molar-refractivity contribution in [1.29, 1.82) is 0 Å². The summed E-state index contributed by atoms with van der Waals surface area (Å²) >= 11 is 0. The molecule has 0 aromatic heterocycles. The molecule has 9 heteroatoms. The van der Waals surface area contributed by atoms with E-state index in [4.69, 9.17) is 16.5 Å². The molecule has 0 unspecified atom stereocenters. The highest BCUT2D eigenvalue weighted by Crippen LogP contribution is 2.31. The van der Waals surface area contributed by atoms with Crippen molar-refractivity contribution in [2.75, 3.05) is 0 Å². The van der Waals surface area contributed by atoms with Crippen molar-refractivity contribution in [3.05, 3.63) is 212 Å². The van der Waals surface area contributed by atoms with E-state index in [0.717, 1.165) is 31.1 Å². The van der Waals surface area contributed by atoms with Crippen LogP contribution in [0.3, 0.4) is 0 Å². The average Bonchev–Trinajstić information content (AvgIpc) is 3.21. The van der Waals surface area contributed by atoms with Gasteiger partial charge in [0, 0.05) is 5.19 Å². The lowest BCUT2D eigenvalue weighted by Gasteiger charge is -2.51. The minimum Gasteiger partial charge on any atom is -0.402 e. The van der Waals surface area contributed by atoms with Crippen LogP contribution in [0.25, 0.3) is 0 Å². The molecule has 0 atom stereocenters. The lowest BCUT2D eigenvalue weighted by molar-refractivity contribution is 0.199. The lowest BCUT2D eigenvalue weighted by atomic mass is 10.4. The van der Waals surface area contributed by atoms with E-state index < -0.39 is 34.5 Å². The Morgan fingerprint density at radius 3 is 0.627 bits per heavy atom. The average molecular weight is 733 g/mol. The van der Waals surface area contributed by atoms with E-state index in [1.165, 1.54) is 0 Å². The van der Waals surface area contributed by atoms with Crippen LogP contribution in [0, 0.1) is 0 Å². The van der Waals surface area contributed by atoms with Gasteiger partial charge < -0.3 is 21.3 Å². The first-order valence-corrected chi connectivity index (χ1v) is 24.2. The van der Waals surface area contributed by atoms with Gasteiger partial charge in [0.25, 0.3) is 0 Å². The van der Waals surface area contributed by atoms with Gasteiger partial charge in [-0.25, -0.2) is 0 Å². The van der Waals surface area contributed by atoms with Crippen LogP contribution in [-0.4, -0.2) is 39.3 Å². The van der Waals surface area contributed by atoms with Crippen LogP contribution >= 0.6 is 0 Å². The van der Waals surface area contributed by atoms with Crippen LogP contribution in [0.1, 0.15) is 0 Å². The summed E-state index contributed by atoms with van der Waals surface area (Å²) in [5.41, 5.74) is 0. The minimum absolute atomic E-state index is 0.568. The van der Waals surface area contributed by atoms with Crippen molar-refractivity contribution in [1.82, 2.24) is 0 Å². The molecule has 0 amide bonds. The largest absolute Gasteiger partial charge is 0.517 e. The molecule has 250 valence electrons. The third-order valence-corrected chi connectivity index (χ3v) is 25.9. The Balaban J connectivity index is 1.54. The van der Waals surface area contributed by atoms with Crippen LogP contribution in [0.5, 0.6) is 0 Å². The van der Waals surface area contributed by atoms with Gasteiger partial charge in [-0.3, -0.25) is 0 Å². The van der Waals surface area contributed by atoms with Gasteiger partial charge in [0.15, 0.2) is 0 Å². The van der Waals surface area contributed by atoms with Gasteiger partial charge >= 0.3 is 34.5 Å². The maximum Gasteiger partial charge on any atom is 0.517 e. The number of benzene rings is 7. The summed E-state index contributed by atoms with van der Waals surface area (Å²) in [5, 5.41) is 5.72. The molecule has 0 saturated carbocycles. The van der Waals surface area contributed by atoms with Crippen molar-refractivity contribution in [2.45, 2.75) is 0 Å². The molecule has 51 heavy (non-hydrogen) atoms. The fourth-order valence-corrected chi connectivity index (χ4v) is 27.3. The molecule has 7 aromatic carbocycles. The molecule has 0 bridgehead atoms. The van der Waals surface area contributed by atoms with Crippen molar-refractivity contribution >= 4 is 70.8 Å². The monoisotopic (exact) mass is 732 g/mol. The Morgan fingerprint density at radius 2 is 0.412 bits per heavy atom. The molecular weight excluding hydrogens is 697 g/mol. The van der Waals surface area contributed by atoms with Crippen LogP contribution in [-0.2, 0) is 16.5 Å². The van der Waals surface area contributed by atoms with Gasteiger partial charge in [-0.15, -0.1) is 0 Å². The Labute approximate surface area is 303 Å². The number of hydrogen-bond acceptors (Lipinski definition) is 5. The fourth-order valence-electron chi connectivity index (χ4n) is 6.80. The molecule has 0 radical (unpaired) electrons. The zero-order valence-electron chi connectivity index (χ0n) is 27.8. The zero-order valence-corrected chi connectivity index (χ0v) is 31.8. The second-order valence-corrected chi connectivity index (χ2v) is 24.6. The van der Waals surface area contributed by atoms with Gasteiger partial charge in [-0.05, 0) is 31.1 Å². The maximum absolute atomic E-state index is 13.5. The predicted octanol–water partition coefficient (Wildman–Crippen LogP) is 3.67. The molecule has 0 aliphatic carbocycles. The summed E-state index contributed by atoms with van der Waals surface area (Å²) < 4.78 is 31.4. The molecule has 1 N–H and O–H groups in total. The van der Waals surface area contributed by atoms with Gasteiger partial charge in [0.05, 0.1) is 0 Å². The number of hydrogen-bond donors (Lipinski definition) is 1. The normalized spacial score (nSPS) is 17.4. The van der Waals surface area contributed by atoms with Gasteiger partial charge in [-0.2, -0.15) is 0 Å². The summed E-state index contributed by atoms with van der Waals surface area (Å²) in [4.78, 5) is 13.5. The zero-order chi connectivity index (χ0) is 34.6. The van der Waals surface area contributed by atoms with E-state index >= 15 is 0 Å². The molecule has 8 rings (SSSR count). The van der Waals surface area contributed by atoms with Crippen LogP contribution in [0.4, 0.5) is 0 Å². The Bertz CT molecular complexity index is 1950.